The molecule has 0 bridgehead atoms. The fourth-order valence-electron chi connectivity index (χ4n) is 3.36. The first-order chi connectivity index (χ1) is 12.7. The number of aromatic nitrogens is 5. The van der Waals surface area contributed by atoms with E-state index in [1.807, 2.05) is 19.2 Å². The third-order valence-electron chi connectivity index (χ3n) is 4.95. The van der Waals surface area contributed by atoms with Gasteiger partial charge in [-0.05, 0) is 50.9 Å². The normalized spacial score (nSPS) is 16.2. The Hall–Kier alpha value is -2.74. The van der Waals surface area contributed by atoms with Crippen molar-refractivity contribution in [1.82, 2.24) is 29.4 Å². The molecule has 1 saturated heterocycles. The Morgan fingerprint density at radius 2 is 2.12 bits per heavy atom. The van der Waals surface area contributed by atoms with Crippen LogP contribution < -0.4 is 5.56 Å². The maximum absolute atomic E-state index is 12.2. The van der Waals surface area contributed by atoms with Crippen molar-refractivity contribution in [2.24, 2.45) is 5.92 Å². The molecule has 3 aromatic rings. The summed E-state index contributed by atoms with van der Waals surface area (Å²) in [5, 5.41) is 8.64. The second-order valence-corrected chi connectivity index (χ2v) is 6.74. The predicted octanol–water partition coefficient (Wildman–Crippen LogP) is 1.64. The molecule has 26 heavy (non-hydrogen) atoms. The van der Waals surface area contributed by atoms with Crippen LogP contribution in [0.2, 0.25) is 0 Å². The van der Waals surface area contributed by atoms with Crippen LogP contribution in [-0.2, 0) is 13.1 Å². The van der Waals surface area contributed by atoms with Crippen LogP contribution >= 0.6 is 0 Å². The smallest absolute Gasteiger partial charge is 0.266 e. The highest BCUT2D eigenvalue weighted by atomic mass is 16.3. The number of rotatable bonds is 5. The van der Waals surface area contributed by atoms with Gasteiger partial charge < -0.3 is 4.42 Å². The maximum atomic E-state index is 12.2. The van der Waals surface area contributed by atoms with E-state index in [1.54, 1.807) is 27.7 Å². The first-order valence-electron chi connectivity index (χ1n) is 8.88. The zero-order valence-corrected chi connectivity index (χ0v) is 14.8. The summed E-state index contributed by atoms with van der Waals surface area (Å²) in [6.45, 7) is 5.39. The topological polar surface area (TPSA) is 82.0 Å². The average molecular weight is 354 g/mol. The second-order valence-electron chi connectivity index (χ2n) is 6.74. The Kier molecular flexibility index (Phi) is 4.66. The SMILES string of the molecule is Cc1ocnc1CN1CCC(Cn2nc(-n3cccn3)ccc2=O)CC1. The molecule has 1 aliphatic rings. The highest BCUT2D eigenvalue weighted by Gasteiger charge is 2.21. The van der Waals surface area contributed by atoms with Gasteiger partial charge in [-0.2, -0.15) is 5.10 Å². The third kappa shape index (κ3) is 3.60. The van der Waals surface area contributed by atoms with Crippen LogP contribution in [0.25, 0.3) is 5.82 Å². The van der Waals surface area contributed by atoms with Crippen LogP contribution in [0.4, 0.5) is 0 Å². The van der Waals surface area contributed by atoms with Gasteiger partial charge in [-0.15, -0.1) is 5.10 Å². The second kappa shape index (κ2) is 7.25. The molecule has 4 heterocycles. The van der Waals surface area contributed by atoms with Gasteiger partial charge in [0.25, 0.3) is 5.56 Å². The van der Waals surface area contributed by atoms with Crippen LogP contribution in [0.1, 0.15) is 24.3 Å². The van der Waals surface area contributed by atoms with Gasteiger partial charge in [-0.1, -0.05) is 0 Å². The minimum absolute atomic E-state index is 0.0680. The molecule has 4 rings (SSSR count). The van der Waals surface area contributed by atoms with Crippen LogP contribution in [0.5, 0.6) is 0 Å². The highest BCUT2D eigenvalue weighted by Crippen LogP contribution is 2.20. The van der Waals surface area contributed by atoms with Gasteiger partial charge >= 0.3 is 0 Å². The Labute approximate surface area is 151 Å². The van der Waals surface area contributed by atoms with Gasteiger partial charge in [0.15, 0.2) is 12.2 Å². The standard InChI is InChI=1S/C18H22N6O2/c1-14-16(19-13-26-14)12-22-9-5-15(6-10-22)11-24-18(25)4-3-17(21-24)23-8-2-7-20-23/h2-4,7-8,13,15H,5-6,9-12H2,1H3. The zero-order chi connectivity index (χ0) is 17.9. The van der Waals surface area contributed by atoms with Crippen LogP contribution in [0.15, 0.2) is 46.2 Å². The number of aryl methyl sites for hydroxylation is 1. The Morgan fingerprint density at radius 1 is 1.27 bits per heavy atom. The molecular formula is C18H22N6O2. The van der Waals surface area contributed by atoms with E-state index in [1.165, 1.54) is 6.39 Å². The lowest BCUT2D eigenvalue weighted by atomic mass is 9.96. The summed E-state index contributed by atoms with van der Waals surface area (Å²) >= 11 is 0. The van der Waals surface area contributed by atoms with Crippen molar-refractivity contribution in [3.8, 4) is 5.82 Å². The third-order valence-corrected chi connectivity index (χ3v) is 4.95. The van der Waals surface area contributed by atoms with Crippen molar-refractivity contribution in [1.29, 1.82) is 0 Å². The molecule has 1 aliphatic heterocycles. The fraction of sp³-hybridized carbons (Fsp3) is 0.444. The van der Waals surface area contributed by atoms with Gasteiger partial charge in [0.05, 0.1) is 5.69 Å². The van der Waals surface area contributed by atoms with Gasteiger partial charge in [0.2, 0.25) is 0 Å². The quantitative estimate of drug-likeness (QED) is 0.693. The van der Waals surface area contributed by atoms with Gasteiger partial charge in [-0.3, -0.25) is 9.69 Å². The summed E-state index contributed by atoms with van der Waals surface area (Å²) in [4.78, 5) is 18.8. The minimum Gasteiger partial charge on any atom is -0.448 e. The molecule has 0 amide bonds. The van der Waals surface area contributed by atoms with Crippen molar-refractivity contribution in [3.63, 3.8) is 0 Å². The molecule has 0 spiro atoms. The van der Waals surface area contributed by atoms with Gasteiger partial charge in [0.1, 0.15) is 5.76 Å². The van der Waals surface area contributed by atoms with E-state index in [-0.39, 0.29) is 5.56 Å². The number of hydrogen-bond acceptors (Lipinski definition) is 6. The Morgan fingerprint density at radius 3 is 2.81 bits per heavy atom. The Balaban J connectivity index is 1.38. The summed E-state index contributed by atoms with van der Waals surface area (Å²) in [6, 6.07) is 5.10. The molecule has 0 atom stereocenters. The number of likely N-dealkylation sites (tertiary alicyclic amines) is 1. The first kappa shape index (κ1) is 16.7. The van der Waals surface area contributed by atoms with E-state index < -0.39 is 0 Å². The summed E-state index contributed by atoms with van der Waals surface area (Å²) in [6.07, 6.45) is 7.10. The largest absolute Gasteiger partial charge is 0.448 e. The minimum atomic E-state index is -0.0680. The lowest BCUT2D eigenvalue weighted by Crippen LogP contribution is -2.36. The highest BCUT2D eigenvalue weighted by molar-refractivity contribution is 5.17. The lowest BCUT2D eigenvalue weighted by Gasteiger charge is -2.31. The van der Waals surface area contributed by atoms with Crippen molar-refractivity contribution >= 4 is 0 Å². The van der Waals surface area contributed by atoms with Crippen molar-refractivity contribution in [3.05, 3.63) is 58.8 Å². The molecule has 0 N–H and O–H groups in total. The summed E-state index contributed by atoms with van der Waals surface area (Å²) in [7, 11) is 0. The number of nitrogens with zero attached hydrogens (tertiary/aromatic N) is 6. The summed E-state index contributed by atoms with van der Waals surface area (Å²) < 4.78 is 8.50. The van der Waals surface area contributed by atoms with Crippen LogP contribution in [-0.4, -0.2) is 42.5 Å². The van der Waals surface area contributed by atoms with Crippen molar-refractivity contribution < 1.29 is 4.42 Å². The van der Waals surface area contributed by atoms with E-state index in [9.17, 15) is 4.79 Å². The molecule has 0 aromatic carbocycles. The molecule has 0 aliphatic carbocycles. The van der Waals surface area contributed by atoms with Gasteiger partial charge in [0, 0.05) is 31.5 Å². The average Bonchev–Trinajstić information content (AvgIpc) is 3.31. The van der Waals surface area contributed by atoms with E-state index in [0.717, 1.165) is 43.9 Å². The van der Waals surface area contributed by atoms with E-state index >= 15 is 0 Å². The molecule has 0 saturated carbocycles. The van der Waals surface area contributed by atoms with E-state index in [4.69, 9.17) is 4.42 Å². The molecular weight excluding hydrogens is 332 g/mol. The predicted molar refractivity (Wildman–Crippen MR) is 94.9 cm³/mol. The molecule has 136 valence electrons. The van der Waals surface area contributed by atoms with E-state index in [0.29, 0.717) is 18.3 Å². The number of oxazole rings is 1. The lowest BCUT2D eigenvalue weighted by molar-refractivity contribution is 0.161. The summed E-state index contributed by atoms with van der Waals surface area (Å²) in [5.74, 6) is 1.99. The van der Waals surface area contributed by atoms with Crippen molar-refractivity contribution in [2.75, 3.05) is 13.1 Å². The molecule has 8 nitrogen and oxygen atoms in total. The number of hydrogen-bond donors (Lipinski definition) is 0. The van der Waals surface area contributed by atoms with Gasteiger partial charge in [-0.25, -0.2) is 14.3 Å². The Bertz CT molecular complexity index is 906. The summed E-state index contributed by atoms with van der Waals surface area (Å²) in [5.41, 5.74) is 0.940. The fourth-order valence-corrected chi connectivity index (χ4v) is 3.36. The molecule has 3 aromatic heterocycles. The number of piperidine rings is 1. The van der Waals surface area contributed by atoms with Crippen LogP contribution in [0.3, 0.4) is 0 Å². The van der Waals surface area contributed by atoms with E-state index in [2.05, 4.69) is 20.1 Å². The molecule has 1 fully saturated rings. The first-order valence-corrected chi connectivity index (χ1v) is 8.88. The van der Waals surface area contributed by atoms with Crippen molar-refractivity contribution in [2.45, 2.75) is 32.9 Å². The molecule has 0 unspecified atom stereocenters. The maximum Gasteiger partial charge on any atom is 0.266 e. The monoisotopic (exact) mass is 354 g/mol. The van der Waals surface area contributed by atoms with Crippen LogP contribution in [0, 0.1) is 12.8 Å². The zero-order valence-electron chi connectivity index (χ0n) is 14.8. The molecule has 8 heteroatoms. The molecule has 0 radical (unpaired) electrons.